The summed E-state index contributed by atoms with van der Waals surface area (Å²) in [7, 11) is 1.65. The number of nitriles is 1. The van der Waals surface area contributed by atoms with Gasteiger partial charge in [0, 0.05) is 19.6 Å². The lowest BCUT2D eigenvalue weighted by Gasteiger charge is -2.26. The highest BCUT2D eigenvalue weighted by atomic mass is 15.3. The first kappa shape index (κ1) is 10.8. The third-order valence-corrected chi connectivity index (χ3v) is 1.61. The molecule has 0 aliphatic rings. The Bertz CT molecular complexity index is 190. The van der Waals surface area contributed by atoms with Crippen LogP contribution in [-0.4, -0.2) is 30.5 Å². The van der Waals surface area contributed by atoms with Gasteiger partial charge in [-0.1, -0.05) is 0 Å². The van der Waals surface area contributed by atoms with Gasteiger partial charge in [0.25, 0.3) is 0 Å². The second-order valence-corrected chi connectivity index (χ2v) is 2.78. The summed E-state index contributed by atoms with van der Waals surface area (Å²) in [5.74, 6) is 0.500. The summed E-state index contributed by atoms with van der Waals surface area (Å²) in [6.45, 7) is 4.70. The third kappa shape index (κ3) is 3.24. The highest BCUT2D eigenvalue weighted by Crippen LogP contribution is 1.98. The SMILES string of the molecule is CN=C(N)N(CCC#N)C(C)C. The molecule has 0 unspecified atom stereocenters. The number of aliphatic imine (C=N–C) groups is 1. The van der Waals surface area contributed by atoms with Gasteiger partial charge in [-0.2, -0.15) is 5.26 Å². The monoisotopic (exact) mass is 168 g/mol. The Labute approximate surface area is 73.7 Å². The van der Waals surface area contributed by atoms with Crippen LogP contribution in [0.25, 0.3) is 0 Å². The van der Waals surface area contributed by atoms with E-state index in [4.69, 9.17) is 11.0 Å². The molecule has 0 saturated heterocycles. The zero-order chi connectivity index (χ0) is 9.56. The number of rotatable bonds is 3. The van der Waals surface area contributed by atoms with E-state index in [0.29, 0.717) is 25.0 Å². The summed E-state index contributed by atoms with van der Waals surface area (Å²) >= 11 is 0. The summed E-state index contributed by atoms with van der Waals surface area (Å²) < 4.78 is 0. The zero-order valence-corrected chi connectivity index (χ0v) is 7.91. The van der Waals surface area contributed by atoms with Crippen LogP contribution in [-0.2, 0) is 0 Å². The molecule has 4 nitrogen and oxygen atoms in total. The van der Waals surface area contributed by atoms with Gasteiger partial charge >= 0.3 is 0 Å². The third-order valence-electron chi connectivity index (χ3n) is 1.61. The maximum atomic E-state index is 8.39. The van der Waals surface area contributed by atoms with Gasteiger partial charge in [-0.3, -0.25) is 4.99 Å². The lowest BCUT2D eigenvalue weighted by atomic mass is 10.3. The Morgan fingerprint density at radius 2 is 2.25 bits per heavy atom. The first-order chi connectivity index (χ1) is 5.63. The largest absolute Gasteiger partial charge is 0.370 e. The molecule has 68 valence electrons. The van der Waals surface area contributed by atoms with E-state index < -0.39 is 0 Å². The summed E-state index contributed by atoms with van der Waals surface area (Å²) in [5.41, 5.74) is 5.63. The number of hydrogen-bond donors (Lipinski definition) is 1. The van der Waals surface area contributed by atoms with Crippen LogP contribution in [0.5, 0.6) is 0 Å². The van der Waals surface area contributed by atoms with Gasteiger partial charge in [0.15, 0.2) is 5.96 Å². The summed E-state index contributed by atoms with van der Waals surface area (Å²) in [6.07, 6.45) is 0.481. The Morgan fingerprint density at radius 1 is 1.67 bits per heavy atom. The van der Waals surface area contributed by atoms with E-state index in [2.05, 4.69) is 11.1 Å². The van der Waals surface area contributed by atoms with Gasteiger partial charge in [0.05, 0.1) is 12.5 Å². The normalized spacial score (nSPS) is 11.4. The van der Waals surface area contributed by atoms with Gasteiger partial charge in [-0.05, 0) is 13.8 Å². The second kappa shape index (κ2) is 5.42. The number of nitrogens with zero attached hydrogens (tertiary/aromatic N) is 3. The second-order valence-electron chi connectivity index (χ2n) is 2.78. The van der Waals surface area contributed by atoms with Crippen molar-refractivity contribution in [1.29, 1.82) is 5.26 Å². The standard InChI is InChI=1S/C8H16N4/c1-7(2)12(6-4-5-9)8(10)11-3/h7H,4,6H2,1-3H3,(H2,10,11). The van der Waals surface area contributed by atoms with E-state index in [-0.39, 0.29) is 0 Å². The Morgan fingerprint density at radius 3 is 2.58 bits per heavy atom. The fourth-order valence-corrected chi connectivity index (χ4v) is 0.936. The van der Waals surface area contributed by atoms with E-state index in [9.17, 15) is 0 Å². The molecule has 0 heterocycles. The van der Waals surface area contributed by atoms with Crippen LogP contribution in [0, 0.1) is 11.3 Å². The maximum absolute atomic E-state index is 8.39. The van der Waals surface area contributed by atoms with E-state index in [1.54, 1.807) is 7.05 Å². The maximum Gasteiger partial charge on any atom is 0.191 e. The van der Waals surface area contributed by atoms with Crippen LogP contribution in [0.2, 0.25) is 0 Å². The van der Waals surface area contributed by atoms with Crippen LogP contribution in [0.3, 0.4) is 0 Å². The first-order valence-corrected chi connectivity index (χ1v) is 3.99. The van der Waals surface area contributed by atoms with Crippen LogP contribution in [0.1, 0.15) is 20.3 Å². The average molecular weight is 168 g/mol. The average Bonchev–Trinajstić information content (AvgIpc) is 2.04. The van der Waals surface area contributed by atoms with Crippen LogP contribution < -0.4 is 5.73 Å². The van der Waals surface area contributed by atoms with E-state index in [0.717, 1.165) is 0 Å². The van der Waals surface area contributed by atoms with Gasteiger partial charge in [-0.25, -0.2) is 0 Å². The minimum Gasteiger partial charge on any atom is -0.370 e. The molecule has 0 amide bonds. The quantitative estimate of drug-likeness (QED) is 0.494. The number of guanidine groups is 1. The predicted octanol–water partition coefficient (Wildman–Crippen LogP) is 0.555. The molecular weight excluding hydrogens is 152 g/mol. The van der Waals surface area contributed by atoms with Gasteiger partial charge in [-0.15, -0.1) is 0 Å². The molecule has 0 aliphatic heterocycles. The highest BCUT2D eigenvalue weighted by molar-refractivity contribution is 5.78. The summed E-state index contributed by atoms with van der Waals surface area (Å²) in [6, 6.07) is 2.37. The predicted molar refractivity (Wildman–Crippen MR) is 49.6 cm³/mol. The topological polar surface area (TPSA) is 65.4 Å². The Kier molecular flexibility index (Phi) is 4.86. The molecule has 0 rings (SSSR count). The minimum atomic E-state index is 0.294. The minimum absolute atomic E-state index is 0.294. The van der Waals surface area contributed by atoms with Crippen LogP contribution >= 0.6 is 0 Å². The van der Waals surface area contributed by atoms with Gasteiger partial charge in [0.1, 0.15) is 0 Å². The molecule has 0 aromatic carbocycles. The fourth-order valence-electron chi connectivity index (χ4n) is 0.936. The molecule has 0 aliphatic carbocycles. The Hall–Kier alpha value is -1.24. The van der Waals surface area contributed by atoms with Crippen molar-refractivity contribution < 1.29 is 0 Å². The summed E-state index contributed by atoms with van der Waals surface area (Å²) in [5, 5.41) is 8.39. The number of nitrogens with two attached hydrogens (primary N) is 1. The van der Waals surface area contributed by atoms with Crippen molar-refractivity contribution in [2.75, 3.05) is 13.6 Å². The van der Waals surface area contributed by atoms with Crippen molar-refractivity contribution in [2.24, 2.45) is 10.7 Å². The molecule has 0 aromatic heterocycles. The van der Waals surface area contributed by atoms with Crippen molar-refractivity contribution in [3.63, 3.8) is 0 Å². The molecule has 0 atom stereocenters. The van der Waals surface area contributed by atoms with Gasteiger partial charge in [0.2, 0.25) is 0 Å². The van der Waals surface area contributed by atoms with E-state index >= 15 is 0 Å². The molecule has 0 radical (unpaired) electrons. The molecule has 0 bridgehead atoms. The van der Waals surface area contributed by atoms with Crippen molar-refractivity contribution >= 4 is 5.96 Å². The van der Waals surface area contributed by atoms with Crippen molar-refractivity contribution in [3.8, 4) is 6.07 Å². The molecular formula is C8H16N4. The lowest BCUT2D eigenvalue weighted by Crippen LogP contribution is -2.42. The smallest absolute Gasteiger partial charge is 0.191 e. The van der Waals surface area contributed by atoms with Crippen molar-refractivity contribution in [1.82, 2.24) is 4.90 Å². The molecule has 12 heavy (non-hydrogen) atoms. The molecule has 2 N–H and O–H groups in total. The van der Waals surface area contributed by atoms with Crippen LogP contribution in [0.4, 0.5) is 0 Å². The van der Waals surface area contributed by atoms with Crippen molar-refractivity contribution in [2.45, 2.75) is 26.3 Å². The summed E-state index contributed by atoms with van der Waals surface area (Å²) in [4.78, 5) is 5.78. The molecule has 0 saturated carbocycles. The van der Waals surface area contributed by atoms with E-state index in [1.165, 1.54) is 0 Å². The fraction of sp³-hybridized carbons (Fsp3) is 0.750. The van der Waals surface area contributed by atoms with Crippen molar-refractivity contribution in [3.05, 3.63) is 0 Å². The van der Waals surface area contributed by atoms with Crippen LogP contribution in [0.15, 0.2) is 4.99 Å². The molecule has 0 spiro atoms. The zero-order valence-electron chi connectivity index (χ0n) is 7.91. The Balaban J connectivity index is 4.16. The number of hydrogen-bond acceptors (Lipinski definition) is 2. The van der Waals surface area contributed by atoms with Gasteiger partial charge < -0.3 is 10.6 Å². The molecule has 0 fully saturated rings. The lowest BCUT2D eigenvalue weighted by molar-refractivity contribution is 0.352. The highest BCUT2D eigenvalue weighted by Gasteiger charge is 2.09. The molecule has 0 aromatic rings. The van der Waals surface area contributed by atoms with E-state index in [1.807, 2.05) is 18.7 Å². The molecule has 4 heteroatoms. The first-order valence-electron chi connectivity index (χ1n) is 3.99.